The van der Waals surface area contributed by atoms with Gasteiger partial charge < -0.3 is 10.6 Å². The van der Waals surface area contributed by atoms with E-state index >= 15 is 0 Å². The second kappa shape index (κ2) is 4.93. The maximum Gasteiger partial charge on any atom is 0.228 e. The van der Waals surface area contributed by atoms with Crippen molar-refractivity contribution in [2.24, 2.45) is 5.92 Å². The highest BCUT2D eigenvalue weighted by Gasteiger charge is 2.22. The Kier molecular flexibility index (Phi) is 3.56. The summed E-state index contributed by atoms with van der Waals surface area (Å²) in [5, 5.41) is 5.71. The molecule has 1 heterocycles. The fourth-order valence-corrected chi connectivity index (χ4v) is 2.04. The van der Waals surface area contributed by atoms with E-state index in [1.807, 2.05) is 0 Å². The highest BCUT2D eigenvalue weighted by molar-refractivity contribution is 9.10. The number of halogens is 2. The van der Waals surface area contributed by atoms with Crippen LogP contribution in [0.5, 0.6) is 0 Å². The quantitative estimate of drug-likeness (QED) is 0.875. The van der Waals surface area contributed by atoms with E-state index in [2.05, 4.69) is 26.6 Å². The first-order valence-electron chi connectivity index (χ1n) is 5.13. The molecule has 0 radical (unpaired) electrons. The summed E-state index contributed by atoms with van der Waals surface area (Å²) < 4.78 is 14.1. The van der Waals surface area contributed by atoms with Crippen molar-refractivity contribution in [3.8, 4) is 0 Å². The Morgan fingerprint density at radius 1 is 1.56 bits per heavy atom. The Morgan fingerprint density at radius 2 is 2.38 bits per heavy atom. The van der Waals surface area contributed by atoms with Gasteiger partial charge in [0.2, 0.25) is 5.91 Å². The Bertz CT molecular complexity index is 405. The molecule has 1 unspecified atom stereocenters. The number of rotatable bonds is 2. The van der Waals surface area contributed by atoms with Crippen LogP contribution in [-0.4, -0.2) is 19.0 Å². The standard InChI is InChI=1S/C11H12BrFN2O/c12-8-1-2-10(9(13)5-8)15-11(16)7-3-4-14-6-7/h1-2,5,7,14H,3-4,6H2,(H,15,16). The van der Waals surface area contributed by atoms with Crippen molar-refractivity contribution in [3.05, 3.63) is 28.5 Å². The Hall–Kier alpha value is -0.940. The average Bonchev–Trinajstić information content (AvgIpc) is 2.75. The molecule has 1 aromatic rings. The van der Waals surface area contributed by atoms with Gasteiger partial charge in [-0.3, -0.25) is 4.79 Å². The predicted molar refractivity (Wildman–Crippen MR) is 63.7 cm³/mol. The van der Waals surface area contributed by atoms with Crippen LogP contribution in [0.2, 0.25) is 0 Å². The maximum absolute atomic E-state index is 13.4. The first kappa shape index (κ1) is 11.5. The third-order valence-electron chi connectivity index (χ3n) is 2.62. The molecule has 86 valence electrons. The van der Waals surface area contributed by atoms with Crippen LogP contribution in [0.1, 0.15) is 6.42 Å². The van der Waals surface area contributed by atoms with E-state index in [0.29, 0.717) is 11.0 Å². The SMILES string of the molecule is O=C(Nc1ccc(Br)cc1F)C1CCNC1. The largest absolute Gasteiger partial charge is 0.323 e. The van der Waals surface area contributed by atoms with Gasteiger partial charge in [0.25, 0.3) is 0 Å². The number of carbonyl (C=O) groups excluding carboxylic acids is 1. The van der Waals surface area contributed by atoms with E-state index < -0.39 is 5.82 Å². The fourth-order valence-electron chi connectivity index (χ4n) is 1.70. The molecule has 0 bridgehead atoms. The van der Waals surface area contributed by atoms with Gasteiger partial charge in [0.05, 0.1) is 11.6 Å². The Morgan fingerprint density at radius 3 is 3.00 bits per heavy atom. The van der Waals surface area contributed by atoms with Gasteiger partial charge in [-0.15, -0.1) is 0 Å². The van der Waals surface area contributed by atoms with Crippen molar-refractivity contribution in [2.45, 2.75) is 6.42 Å². The minimum absolute atomic E-state index is 0.0527. The molecule has 16 heavy (non-hydrogen) atoms. The minimum atomic E-state index is -0.423. The van der Waals surface area contributed by atoms with Gasteiger partial charge in [0.1, 0.15) is 5.82 Å². The summed E-state index contributed by atoms with van der Waals surface area (Å²) in [6.45, 7) is 1.52. The van der Waals surface area contributed by atoms with Gasteiger partial charge in [-0.1, -0.05) is 15.9 Å². The van der Waals surface area contributed by atoms with Gasteiger partial charge in [0, 0.05) is 11.0 Å². The minimum Gasteiger partial charge on any atom is -0.323 e. The molecule has 0 spiro atoms. The molecule has 0 aromatic heterocycles. The number of nitrogens with one attached hydrogen (secondary N) is 2. The zero-order chi connectivity index (χ0) is 11.5. The van der Waals surface area contributed by atoms with Crippen molar-refractivity contribution in [1.29, 1.82) is 0 Å². The normalized spacial score (nSPS) is 19.8. The summed E-state index contributed by atoms with van der Waals surface area (Å²) >= 11 is 3.17. The predicted octanol–water partition coefficient (Wildman–Crippen LogP) is 2.14. The highest BCUT2D eigenvalue weighted by atomic mass is 79.9. The van der Waals surface area contributed by atoms with Gasteiger partial charge in [-0.25, -0.2) is 4.39 Å². The van der Waals surface area contributed by atoms with Crippen molar-refractivity contribution >= 4 is 27.5 Å². The first-order chi connectivity index (χ1) is 7.66. The van der Waals surface area contributed by atoms with Crippen LogP contribution in [0.25, 0.3) is 0 Å². The van der Waals surface area contributed by atoms with E-state index in [0.717, 1.165) is 13.0 Å². The average molecular weight is 287 g/mol. The molecule has 1 aliphatic heterocycles. The third kappa shape index (κ3) is 2.59. The van der Waals surface area contributed by atoms with Crippen LogP contribution in [0, 0.1) is 11.7 Å². The first-order valence-corrected chi connectivity index (χ1v) is 5.93. The Labute approximate surface area is 102 Å². The summed E-state index contributed by atoms with van der Waals surface area (Å²) in [6, 6.07) is 4.59. The fraction of sp³-hybridized carbons (Fsp3) is 0.364. The van der Waals surface area contributed by atoms with Gasteiger partial charge in [-0.2, -0.15) is 0 Å². The van der Waals surface area contributed by atoms with Crippen LogP contribution >= 0.6 is 15.9 Å². The molecule has 1 aliphatic rings. The molecule has 2 N–H and O–H groups in total. The van der Waals surface area contributed by atoms with Gasteiger partial charge in [0.15, 0.2) is 0 Å². The van der Waals surface area contributed by atoms with Crippen LogP contribution in [-0.2, 0) is 4.79 Å². The van der Waals surface area contributed by atoms with Crippen LogP contribution in [0.3, 0.4) is 0 Å². The second-order valence-corrected chi connectivity index (χ2v) is 4.72. The lowest BCUT2D eigenvalue weighted by molar-refractivity contribution is -0.119. The molecule has 1 fully saturated rings. The molecule has 3 nitrogen and oxygen atoms in total. The number of hydrogen-bond acceptors (Lipinski definition) is 2. The summed E-state index contributed by atoms with van der Waals surface area (Å²) in [5.41, 5.74) is 0.236. The molecule has 5 heteroatoms. The van der Waals surface area contributed by atoms with Crippen LogP contribution in [0.15, 0.2) is 22.7 Å². The molecule has 1 amide bonds. The number of amides is 1. The van der Waals surface area contributed by atoms with Gasteiger partial charge in [-0.05, 0) is 31.2 Å². The number of benzene rings is 1. The van der Waals surface area contributed by atoms with E-state index in [1.54, 1.807) is 12.1 Å². The molecule has 1 aromatic carbocycles. The summed E-state index contributed by atoms with van der Waals surface area (Å²) in [4.78, 5) is 11.7. The zero-order valence-corrected chi connectivity index (χ0v) is 10.2. The lowest BCUT2D eigenvalue weighted by atomic mass is 10.1. The highest BCUT2D eigenvalue weighted by Crippen LogP contribution is 2.20. The molecule has 1 saturated heterocycles. The van der Waals surface area contributed by atoms with E-state index in [4.69, 9.17) is 0 Å². The third-order valence-corrected chi connectivity index (χ3v) is 3.11. The van der Waals surface area contributed by atoms with Crippen LogP contribution < -0.4 is 10.6 Å². The van der Waals surface area contributed by atoms with Gasteiger partial charge >= 0.3 is 0 Å². The lowest BCUT2D eigenvalue weighted by Crippen LogP contribution is -2.25. The lowest BCUT2D eigenvalue weighted by Gasteiger charge is -2.10. The molecular weight excluding hydrogens is 275 g/mol. The summed E-state index contributed by atoms with van der Waals surface area (Å²) in [6.07, 6.45) is 0.810. The number of anilines is 1. The van der Waals surface area contributed by atoms with E-state index in [-0.39, 0.29) is 17.5 Å². The number of carbonyl (C=O) groups is 1. The monoisotopic (exact) mass is 286 g/mol. The maximum atomic E-state index is 13.4. The van der Waals surface area contributed by atoms with Crippen LogP contribution in [0.4, 0.5) is 10.1 Å². The molecular formula is C11H12BrFN2O. The molecule has 0 saturated carbocycles. The Balaban J connectivity index is 2.05. The summed E-state index contributed by atoms with van der Waals surface area (Å²) in [5.74, 6) is -0.594. The second-order valence-electron chi connectivity index (χ2n) is 3.80. The van der Waals surface area contributed by atoms with Crippen molar-refractivity contribution < 1.29 is 9.18 Å². The van der Waals surface area contributed by atoms with Crippen molar-refractivity contribution in [1.82, 2.24) is 5.32 Å². The van der Waals surface area contributed by atoms with E-state index in [9.17, 15) is 9.18 Å². The molecule has 0 aliphatic carbocycles. The molecule has 1 atom stereocenters. The number of hydrogen-bond donors (Lipinski definition) is 2. The zero-order valence-electron chi connectivity index (χ0n) is 8.59. The smallest absolute Gasteiger partial charge is 0.228 e. The van der Waals surface area contributed by atoms with Crippen molar-refractivity contribution in [2.75, 3.05) is 18.4 Å². The molecule has 2 rings (SSSR count). The summed E-state index contributed by atoms with van der Waals surface area (Å²) in [7, 11) is 0. The van der Waals surface area contributed by atoms with E-state index in [1.165, 1.54) is 6.07 Å². The topological polar surface area (TPSA) is 41.1 Å². The van der Waals surface area contributed by atoms with Crippen molar-refractivity contribution in [3.63, 3.8) is 0 Å².